The van der Waals surface area contributed by atoms with Crippen LogP contribution in [-0.2, 0) is 16.6 Å². The molecule has 7 heteroatoms. The molecule has 0 aliphatic heterocycles. The minimum absolute atomic E-state index is 0.307. The third-order valence-corrected chi connectivity index (χ3v) is 6.88. The van der Waals surface area contributed by atoms with Gasteiger partial charge >= 0.3 is 0 Å². The zero-order valence-electron chi connectivity index (χ0n) is 12.4. The number of rotatable bonds is 5. The fraction of sp³-hybridized carbons (Fsp3) is 0.267. The zero-order chi connectivity index (χ0) is 15.7. The number of nitrogens with zero attached hydrogens (tertiary/aromatic N) is 3. The highest BCUT2D eigenvalue weighted by Crippen LogP contribution is 2.25. The predicted octanol–water partition coefficient (Wildman–Crippen LogP) is 2.92. The van der Waals surface area contributed by atoms with Crippen molar-refractivity contribution in [3.8, 4) is 0 Å². The molecule has 0 aromatic carbocycles. The summed E-state index contributed by atoms with van der Waals surface area (Å²) in [4.78, 5) is 5.30. The van der Waals surface area contributed by atoms with Crippen LogP contribution in [0.3, 0.4) is 0 Å². The van der Waals surface area contributed by atoms with Gasteiger partial charge in [0.1, 0.15) is 9.86 Å². The minimum Gasteiger partial charge on any atom is -0.303 e. The highest BCUT2D eigenvalue weighted by atomic mass is 32.2. The Morgan fingerprint density at radius 1 is 1.27 bits per heavy atom. The van der Waals surface area contributed by atoms with Gasteiger partial charge in [0.05, 0.1) is 18.4 Å². The van der Waals surface area contributed by atoms with Crippen LogP contribution >= 0.6 is 11.3 Å². The maximum Gasteiger partial charge on any atom is 0.252 e. The van der Waals surface area contributed by atoms with Gasteiger partial charge in [-0.3, -0.25) is 0 Å². The van der Waals surface area contributed by atoms with Gasteiger partial charge in [-0.15, -0.1) is 11.3 Å². The Labute approximate surface area is 133 Å². The topological polar surface area (TPSA) is 54.7 Å². The molecule has 3 rings (SSSR count). The van der Waals surface area contributed by atoms with Gasteiger partial charge in [-0.1, -0.05) is 13.0 Å². The van der Waals surface area contributed by atoms with Crippen LogP contribution in [0.2, 0.25) is 0 Å². The normalized spacial score (nSPS) is 12.3. The molecule has 3 aromatic heterocycles. The Morgan fingerprint density at radius 3 is 2.77 bits per heavy atom. The van der Waals surface area contributed by atoms with Crippen LogP contribution in [0.15, 0.2) is 46.9 Å². The smallest absolute Gasteiger partial charge is 0.252 e. The molecule has 0 N–H and O–H groups in total. The number of thiophene rings is 1. The summed E-state index contributed by atoms with van der Waals surface area (Å²) in [7, 11) is -3.46. The Kier molecular flexibility index (Phi) is 4.03. The molecular formula is C15H17N3O2S2. The Balaban J connectivity index is 1.95. The number of aromatic nitrogens is 2. The summed E-state index contributed by atoms with van der Waals surface area (Å²) in [5.74, 6) is 0. The van der Waals surface area contributed by atoms with E-state index in [-0.39, 0.29) is 0 Å². The van der Waals surface area contributed by atoms with Gasteiger partial charge in [-0.05, 0) is 31.2 Å². The van der Waals surface area contributed by atoms with Gasteiger partial charge in [-0.2, -0.15) is 4.31 Å². The number of hydrogen-bond acceptors (Lipinski definition) is 4. The number of aryl methyl sites for hydroxylation is 1. The second kappa shape index (κ2) is 5.83. The largest absolute Gasteiger partial charge is 0.303 e. The van der Waals surface area contributed by atoms with E-state index in [0.717, 1.165) is 16.2 Å². The van der Waals surface area contributed by atoms with Crippen molar-refractivity contribution in [3.05, 3.63) is 53.3 Å². The van der Waals surface area contributed by atoms with Crippen molar-refractivity contribution >= 4 is 27.0 Å². The lowest BCUT2D eigenvalue weighted by molar-refractivity contribution is 0.419. The fourth-order valence-corrected chi connectivity index (χ4v) is 5.19. The van der Waals surface area contributed by atoms with E-state index >= 15 is 0 Å². The van der Waals surface area contributed by atoms with Gasteiger partial charge in [0.25, 0.3) is 10.0 Å². The summed E-state index contributed by atoms with van der Waals surface area (Å²) >= 11 is 1.30. The van der Waals surface area contributed by atoms with E-state index in [1.165, 1.54) is 15.6 Å². The first-order valence-electron chi connectivity index (χ1n) is 7.00. The number of imidazole rings is 1. The van der Waals surface area contributed by atoms with Crippen molar-refractivity contribution in [3.63, 3.8) is 0 Å². The average molecular weight is 335 g/mol. The van der Waals surface area contributed by atoms with Gasteiger partial charge in [0.15, 0.2) is 0 Å². The van der Waals surface area contributed by atoms with E-state index in [1.54, 1.807) is 12.3 Å². The maximum atomic E-state index is 12.7. The molecule has 0 bridgehead atoms. The fourth-order valence-electron chi connectivity index (χ4n) is 2.33. The number of sulfonamides is 1. The highest BCUT2D eigenvalue weighted by molar-refractivity contribution is 7.91. The van der Waals surface area contributed by atoms with Crippen molar-refractivity contribution in [2.24, 2.45) is 0 Å². The summed E-state index contributed by atoms with van der Waals surface area (Å²) in [6.07, 6.45) is 3.63. The molecule has 0 saturated carbocycles. The molecule has 0 aliphatic rings. The van der Waals surface area contributed by atoms with E-state index in [1.807, 2.05) is 48.7 Å². The summed E-state index contributed by atoms with van der Waals surface area (Å²) in [5, 5.41) is 0. The molecule has 0 amide bonds. The first-order valence-corrected chi connectivity index (χ1v) is 9.25. The number of pyridine rings is 1. The predicted molar refractivity (Wildman–Crippen MR) is 87.5 cm³/mol. The molecule has 0 unspecified atom stereocenters. The molecule has 0 aliphatic carbocycles. The van der Waals surface area contributed by atoms with E-state index in [0.29, 0.717) is 17.3 Å². The molecule has 3 aromatic rings. The summed E-state index contributed by atoms with van der Waals surface area (Å²) in [5.41, 5.74) is 1.67. The molecular weight excluding hydrogens is 318 g/mol. The molecule has 0 atom stereocenters. The van der Waals surface area contributed by atoms with Crippen LogP contribution in [-0.4, -0.2) is 28.7 Å². The average Bonchev–Trinajstić information content (AvgIpc) is 3.11. The molecule has 5 nitrogen and oxygen atoms in total. The van der Waals surface area contributed by atoms with E-state index in [2.05, 4.69) is 4.98 Å². The Hall–Kier alpha value is -1.70. The highest BCUT2D eigenvalue weighted by Gasteiger charge is 2.25. The van der Waals surface area contributed by atoms with Gasteiger partial charge in [-0.25, -0.2) is 13.4 Å². The lowest BCUT2D eigenvalue weighted by atomic mass is 10.4. The quantitative estimate of drug-likeness (QED) is 0.720. The SMILES string of the molecule is CCN(Cc1cnc2ccccn12)S(=O)(=O)c1ccc(C)s1. The third kappa shape index (κ3) is 2.67. The van der Waals surface area contributed by atoms with Crippen molar-refractivity contribution < 1.29 is 8.42 Å². The second-order valence-electron chi connectivity index (χ2n) is 4.97. The third-order valence-electron chi connectivity index (χ3n) is 3.49. The number of hydrogen-bond donors (Lipinski definition) is 0. The molecule has 22 heavy (non-hydrogen) atoms. The van der Waals surface area contributed by atoms with Gasteiger partial charge in [0, 0.05) is 17.6 Å². The van der Waals surface area contributed by atoms with Crippen LogP contribution in [0.4, 0.5) is 0 Å². The molecule has 0 radical (unpaired) electrons. The lowest BCUT2D eigenvalue weighted by Crippen LogP contribution is -2.30. The molecule has 3 heterocycles. The lowest BCUT2D eigenvalue weighted by Gasteiger charge is -2.19. The summed E-state index contributed by atoms with van der Waals surface area (Å²) in [6.45, 7) is 4.48. The molecule has 0 spiro atoms. The Morgan fingerprint density at radius 2 is 2.09 bits per heavy atom. The second-order valence-corrected chi connectivity index (χ2v) is 8.43. The van der Waals surface area contributed by atoms with E-state index in [4.69, 9.17) is 0 Å². The van der Waals surface area contributed by atoms with E-state index in [9.17, 15) is 8.42 Å². The Bertz CT molecular complexity index is 896. The molecule has 0 fully saturated rings. The monoisotopic (exact) mass is 335 g/mol. The van der Waals surface area contributed by atoms with E-state index < -0.39 is 10.0 Å². The van der Waals surface area contributed by atoms with Crippen LogP contribution in [0.1, 0.15) is 17.5 Å². The van der Waals surface area contributed by atoms with Crippen molar-refractivity contribution in [2.45, 2.75) is 24.6 Å². The van der Waals surface area contributed by atoms with Crippen molar-refractivity contribution in [2.75, 3.05) is 6.54 Å². The van der Waals surface area contributed by atoms with Crippen LogP contribution in [0.25, 0.3) is 5.65 Å². The first-order chi connectivity index (χ1) is 10.5. The zero-order valence-corrected chi connectivity index (χ0v) is 14.1. The first kappa shape index (κ1) is 15.2. The molecule has 0 saturated heterocycles. The molecule has 116 valence electrons. The van der Waals surface area contributed by atoms with Crippen molar-refractivity contribution in [1.29, 1.82) is 0 Å². The minimum atomic E-state index is -3.46. The van der Waals surface area contributed by atoms with Crippen molar-refractivity contribution in [1.82, 2.24) is 13.7 Å². The van der Waals surface area contributed by atoms with Gasteiger partial charge < -0.3 is 4.40 Å². The van der Waals surface area contributed by atoms with Gasteiger partial charge in [0.2, 0.25) is 0 Å². The summed E-state index contributed by atoms with van der Waals surface area (Å²) < 4.78 is 29.3. The maximum absolute atomic E-state index is 12.7. The van der Waals surface area contributed by atoms with Crippen LogP contribution < -0.4 is 0 Å². The van der Waals surface area contributed by atoms with Crippen LogP contribution in [0, 0.1) is 6.92 Å². The van der Waals surface area contributed by atoms with Crippen LogP contribution in [0.5, 0.6) is 0 Å². The standard InChI is InChI=1S/C15H17N3O2S2/c1-3-17(22(19,20)15-8-7-12(2)21-15)11-13-10-16-14-6-4-5-9-18(13)14/h4-10H,3,11H2,1-2H3. The number of fused-ring (bicyclic) bond motifs is 1. The summed E-state index contributed by atoms with van der Waals surface area (Å²) in [6, 6.07) is 9.23.